The van der Waals surface area contributed by atoms with Gasteiger partial charge >= 0.3 is 0 Å². The van der Waals surface area contributed by atoms with E-state index in [1.807, 2.05) is 37.4 Å². The Bertz CT molecular complexity index is 839. The van der Waals surface area contributed by atoms with Gasteiger partial charge in [-0.1, -0.05) is 25.1 Å². The largest absolute Gasteiger partial charge is 0.289 e. The van der Waals surface area contributed by atoms with Crippen LogP contribution in [0.15, 0.2) is 64.4 Å². The number of allylic oxidation sites excluding steroid dienone is 1. The minimum Gasteiger partial charge on any atom is -0.289 e. The Kier molecular flexibility index (Phi) is 6.99. The topological polar surface area (TPSA) is 63.2 Å². The number of carbonyl (C=O) groups excluding carboxylic acids is 1. The molecule has 0 aliphatic carbocycles. The van der Waals surface area contributed by atoms with Crippen LogP contribution in [0.5, 0.6) is 0 Å². The summed E-state index contributed by atoms with van der Waals surface area (Å²) < 4.78 is 26.5. The molecule has 0 saturated carbocycles. The summed E-state index contributed by atoms with van der Waals surface area (Å²) >= 11 is 1.66. The van der Waals surface area contributed by atoms with Crippen LogP contribution < -0.4 is 4.72 Å². The van der Waals surface area contributed by atoms with Gasteiger partial charge in [0.25, 0.3) is 0 Å². The highest BCUT2D eigenvalue weighted by molar-refractivity contribution is 7.98. The molecule has 25 heavy (non-hydrogen) atoms. The molecule has 2 aromatic rings. The molecule has 0 atom stereocenters. The summed E-state index contributed by atoms with van der Waals surface area (Å²) in [4.78, 5) is 13.5. The quantitative estimate of drug-likeness (QED) is 0.430. The molecule has 2 rings (SSSR count). The molecule has 0 heterocycles. The number of hydrogen-bond donors (Lipinski definition) is 1. The fraction of sp³-hybridized carbons (Fsp3) is 0.211. The Morgan fingerprint density at radius 2 is 1.72 bits per heavy atom. The predicted molar refractivity (Wildman–Crippen MR) is 104 cm³/mol. The van der Waals surface area contributed by atoms with Gasteiger partial charge < -0.3 is 0 Å². The maximum absolute atomic E-state index is 12.2. The van der Waals surface area contributed by atoms with Crippen molar-refractivity contribution in [2.75, 3.05) is 12.8 Å². The third kappa shape index (κ3) is 5.56. The first-order valence-electron chi connectivity index (χ1n) is 7.92. The Morgan fingerprint density at radius 1 is 1.08 bits per heavy atom. The van der Waals surface area contributed by atoms with Gasteiger partial charge in [-0.2, -0.15) is 0 Å². The molecule has 0 aliphatic rings. The van der Waals surface area contributed by atoms with Gasteiger partial charge in [-0.3, -0.25) is 4.79 Å². The molecular formula is C19H21NO3S2. The molecule has 0 radical (unpaired) electrons. The molecule has 0 saturated heterocycles. The summed E-state index contributed by atoms with van der Waals surface area (Å²) in [6.07, 6.45) is 5.97. The van der Waals surface area contributed by atoms with Gasteiger partial charge in [0, 0.05) is 17.0 Å². The zero-order chi connectivity index (χ0) is 18.3. The number of ketones is 1. The maximum atomic E-state index is 12.2. The van der Waals surface area contributed by atoms with E-state index in [-0.39, 0.29) is 10.7 Å². The van der Waals surface area contributed by atoms with Crippen LogP contribution in [0.25, 0.3) is 6.08 Å². The van der Waals surface area contributed by atoms with Gasteiger partial charge in [-0.05, 0) is 60.7 Å². The van der Waals surface area contributed by atoms with Crippen molar-refractivity contribution in [3.8, 4) is 0 Å². The van der Waals surface area contributed by atoms with E-state index in [0.29, 0.717) is 12.1 Å². The highest BCUT2D eigenvalue weighted by Gasteiger charge is 2.13. The standard InChI is InChI=1S/C19H21NO3S2/c1-3-14-20-25(22,23)18-11-7-16(8-12-18)19(21)13-6-15-4-9-17(24-2)10-5-15/h4-13,20H,3,14H2,1-2H3. The summed E-state index contributed by atoms with van der Waals surface area (Å²) in [5.74, 6) is -0.167. The lowest BCUT2D eigenvalue weighted by molar-refractivity contribution is 0.104. The average Bonchev–Trinajstić information content (AvgIpc) is 2.65. The Hall–Kier alpha value is -1.89. The van der Waals surface area contributed by atoms with Crippen LogP contribution in [0, 0.1) is 0 Å². The highest BCUT2D eigenvalue weighted by Crippen LogP contribution is 2.16. The number of sulfonamides is 1. The van der Waals surface area contributed by atoms with Crippen molar-refractivity contribution in [1.29, 1.82) is 0 Å². The molecule has 132 valence electrons. The van der Waals surface area contributed by atoms with E-state index in [1.165, 1.54) is 30.3 Å². The molecule has 0 spiro atoms. The van der Waals surface area contributed by atoms with Crippen molar-refractivity contribution >= 4 is 33.6 Å². The lowest BCUT2D eigenvalue weighted by Gasteiger charge is -2.05. The van der Waals surface area contributed by atoms with E-state index in [9.17, 15) is 13.2 Å². The smallest absolute Gasteiger partial charge is 0.240 e. The van der Waals surface area contributed by atoms with Crippen molar-refractivity contribution in [3.63, 3.8) is 0 Å². The van der Waals surface area contributed by atoms with E-state index in [4.69, 9.17) is 0 Å². The van der Waals surface area contributed by atoms with Crippen LogP contribution in [0.2, 0.25) is 0 Å². The summed E-state index contributed by atoms with van der Waals surface area (Å²) in [7, 11) is -3.51. The zero-order valence-electron chi connectivity index (χ0n) is 14.2. The van der Waals surface area contributed by atoms with Crippen molar-refractivity contribution in [3.05, 3.63) is 65.7 Å². The third-order valence-electron chi connectivity index (χ3n) is 3.53. The molecule has 0 aromatic heterocycles. The molecule has 0 bridgehead atoms. The molecule has 0 unspecified atom stereocenters. The van der Waals surface area contributed by atoms with Crippen LogP contribution in [0.1, 0.15) is 29.3 Å². The van der Waals surface area contributed by atoms with Crippen LogP contribution in [-0.2, 0) is 10.0 Å². The molecule has 0 amide bonds. The molecule has 4 nitrogen and oxygen atoms in total. The van der Waals surface area contributed by atoms with E-state index in [0.717, 1.165) is 16.9 Å². The fourth-order valence-electron chi connectivity index (χ4n) is 2.10. The molecule has 1 N–H and O–H groups in total. The van der Waals surface area contributed by atoms with E-state index >= 15 is 0 Å². The van der Waals surface area contributed by atoms with Gasteiger partial charge in [0.15, 0.2) is 5.78 Å². The van der Waals surface area contributed by atoms with Gasteiger partial charge in [0.2, 0.25) is 10.0 Å². The number of rotatable bonds is 8. The number of thioether (sulfide) groups is 1. The predicted octanol–water partition coefficient (Wildman–Crippen LogP) is 3.99. The summed E-state index contributed by atoms with van der Waals surface area (Å²) in [5, 5.41) is 0. The second-order valence-electron chi connectivity index (χ2n) is 5.39. The minimum absolute atomic E-state index is 0.161. The number of nitrogens with one attached hydrogen (secondary N) is 1. The van der Waals surface area contributed by atoms with Crippen molar-refractivity contribution in [2.24, 2.45) is 0 Å². The molecule has 0 fully saturated rings. The van der Waals surface area contributed by atoms with Gasteiger partial charge in [0.05, 0.1) is 4.90 Å². The normalized spacial score (nSPS) is 11.8. The molecule has 0 aliphatic heterocycles. The SMILES string of the molecule is CCCNS(=O)(=O)c1ccc(C(=O)C=Cc2ccc(SC)cc2)cc1. The zero-order valence-corrected chi connectivity index (χ0v) is 15.9. The Balaban J connectivity index is 2.08. The van der Waals surface area contributed by atoms with Crippen molar-refractivity contribution in [1.82, 2.24) is 4.72 Å². The van der Waals surface area contributed by atoms with Gasteiger partial charge in [-0.15, -0.1) is 11.8 Å². The monoisotopic (exact) mass is 375 g/mol. The second-order valence-corrected chi connectivity index (χ2v) is 8.04. The molecule has 6 heteroatoms. The first kappa shape index (κ1) is 19.4. The van der Waals surface area contributed by atoms with Crippen LogP contribution in [0.3, 0.4) is 0 Å². The van der Waals surface area contributed by atoms with E-state index in [2.05, 4.69) is 4.72 Å². The summed E-state index contributed by atoms with van der Waals surface area (Å²) in [6.45, 7) is 2.28. The second kappa shape index (κ2) is 8.99. The summed E-state index contributed by atoms with van der Waals surface area (Å²) in [6, 6.07) is 13.9. The molecule has 2 aromatic carbocycles. The minimum atomic E-state index is -3.51. The first-order valence-corrected chi connectivity index (χ1v) is 10.6. The maximum Gasteiger partial charge on any atom is 0.240 e. The van der Waals surface area contributed by atoms with E-state index in [1.54, 1.807) is 17.8 Å². The van der Waals surface area contributed by atoms with Gasteiger partial charge in [-0.25, -0.2) is 13.1 Å². The lowest BCUT2D eigenvalue weighted by atomic mass is 10.1. The average molecular weight is 376 g/mol. The van der Waals surface area contributed by atoms with Crippen LogP contribution >= 0.6 is 11.8 Å². The lowest BCUT2D eigenvalue weighted by Crippen LogP contribution is -2.24. The summed E-state index contributed by atoms with van der Waals surface area (Å²) in [5.41, 5.74) is 1.39. The van der Waals surface area contributed by atoms with Crippen molar-refractivity contribution in [2.45, 2.75) is 23.1 Å². The Labute approximate surface area is 153 Å². The van der Waals surface area contributed by atoms with Gasteiger partial charge in [0.1, 0.15) is 0 Å². The third-order valence-corrected chi connectivity index (χ3v) is 5.75. The Morgan fingerprint density at radius 3 is 2.28 bits per heavy atom. The molecular weight excluding hydrogens is 354 g/mol. The number of hydrogen-bond acceptors (Lipinski definition) is 4. The fourth-order valence-corrected chi connectivity index (χ4v) is 3.64. The number of benzene rings is 2. The van der Waals surface area contributed by atoms with E-state index < -0.39 is 10.0 Å². The number of carbonyl (C=O) groups is 1. The highest BCUT2D eigenvalue weighted by atomic mass is 32.2. The van der Waals surface area contributed by atoms with Crippen LogP contribution in [-0.4, -0.2) is 27.0 Å². The van der Waals surface area contributed by atoms with Crippen molar-refractivity contribution < 1.29 is 13.2 Å². The first-order chi connectivity index (χ1) is 12.0. The van der Waals surface area contributed by atoms with Crippen LogP contribution in [0.4, 0.5) is 0 Å².